The number of ether oxygens (including phenoxy) is 4. The summed E-state index contributed by atoms with van der Waals surface area (Å²) < 4.78 is 24.4. The van der Waals surface area contributed by atoms with Crippen LogP contribution in [0.25, 0.3) is 32.4 Å². The molecule has 0 unspecified atom stereocenters. The lowest BCUT2D eigenvalue weighted by atomic mass is 10.00. The maximum absolute atomic E-state index is 10.1. The highest BCUT2D eigenvalue weighted by Crippen LogP contribution is 2.42. The Kier molecular flexibility index (Phi) is 4.62. The van der Waals surface area contributed by atoms with Gasteiger partial charge in [-0.3, -0.25) is 0 Å². The van der Waals surface area contributed by atoms with Crippen molar-refractivity contribution in [3.05, 3.63) is 78.5 Å². The van der Waals surface area contributed by atoms with E-state index in [1.54, 1.807) is 18.2 Å². The predicted octanol–water partition coefficient (Wildman–Crippen LogP) is 3.48. The average molecular weight is 453 g/mol. The third-order valence-corrected chi connectivity index (χ3v) is 6.04. The number of nitrogens with zero attached hydrogens (tertiary/aromatic N) is 1. The number of hydrogen-bond donors (Lipinski definition) is 0. The van der Waals surface area contributed by atoms with Gasteiger partial charge in [-0.05, 0) is 41.3 Å². The van der Waals surface area contributed by atoms with Crippen LogP contribution in [0.1, 0.15) is 10.4 Å². The van der Waals surface area contributed by atoms with E-state index < -0.39 is 5.97 Å². The molecular formula is C27H19NO6. The maximum Gasteiger partial charge on any atom is 0.231 e. The molecule has 2 aliphatic heterocycles. The van der Waals surface area contributed by atoms with Crippen molar-refractivity contribution in [2.45, 2.75) is 0 Å². The Morgan fingerprint density at radius 3 is 2.24 bits per heavy atom. The predicted molar refractivity (Wildman–Crippen MR) is 123 cm³/mol. The summed E-state index contributed by atoms with van der Waals surface area (Å²) in [6.45, 7) is 0.555. The van der Waals surface area contributed by atoms with Gasteiger partial charge in [-0.25, -0.2) is 0 Å². The largest absolute Gasteiger partial charge is 0.545 e. The van der Waals surface area contributed by atoms with Gasteiger partial charge >= 0.3 is 0 Å². The lowest BCUT2D eigenvalue weighted by Gasteiger charge is -2.08. The first-order chi connectivity index (χ1) is 16.6. The van der Waals surface area contributed by atoms with E-state index >= 15 is 0 Å². The Hall–Kier alpha value is -4.52. The molecule has 7 rings (SSSR count). The van der Waals surface area contributed by atoms with E-state index in [9.17, 15) is 9.90 Å². The summed E-state index contributed by atoms with van der Waals surface area (Å²) in [4.78, 5) is 10.1. The standard InChI is InChI=1S/C20H14NO4.C7H6O2/c1-21-8-15-12(4-5-16-20(15)25-10-22-16)13-3-2-11-6-17-18(24-9-23-17)7-14(11)19(13)21;8-7(9)6-4-2-1-3-5-6/h2-8H,9-10H2,1H3;1-5H,(H,8,9)/q+1;/p-1. The molecule has 34 heavy (non-hydrogen) atoms. The maximum atomic E-state index is 10.1. The first kappa shape index (κ1) is 20.1. The van der Waals surface area contributed by atoms with Gasteiger partial charge in [-0.2, -0.15) is 4.57 Å². The SMILES string of the molecule is C[n+]1cc2c3c(ccc2c2ccc4cc5c(cc4c21)OCO5)OCO3.O=C([O-])c1ccccc1. The molecule has 2 aliphatic rings. The first-order valence-electron chi connectivity index (χ1n) is 10.7. The summed E-state index contributed by atoms with van der Waals surface area (Å²) in [5, 5.41) is 15.7. The van der Waals surface area contributed by atoms with Crippen molar-refractivity contribution in [3.8, 4) is 23.0 Å². The van der Waals surface area contributed by atoms with Crippen LogP contribution in [0, 0.1) is 0 Å². The van der Waals surface area contributed by atoms with Crippen molar-refractivity contribution >= 4 is 38.4 Å². The number of fused-ring (bicyclic) bond motifs is 8. The van der Waals surface area contributed by atoms with Crippen LogP contribution in [-0.4, -0.2) is 19.6 Å². The number of carbonyl (C=O) groups is 1. The van der Waals surface area contributed by atoms with Crippen molar-refractivity contribution in [1.29, 1.82) is 0 Å². The van der Waals surface area contributed by atoms with Gasteiger partial charge in [-0.15, -0.1) is 0 Å². The normalized spacial score (nSPS) is 13.2. The fourth-order valence-electron chi connectivity index (χ4n) is 4.48. The molecule has 3 heterocycles. The molecule has 5 aromatic rings. The van der Waals surface area contributed by atoms with Crippen LogP contribution in [0.4, 0.5) is 0 Å². The molecular weight excluding hydrogens is 434 g/mol. The molecule has 0 N–H and O–H groups in total. The zero-order valence-electron chi connectivity index (χ0n) is 18.2. The third-order valence-electron chi connectivity index (χ3n) is 6.04. The van der Waals surface area contributed by atoms with Gasteiger partial charge in [0.2, 0.25) is 19.1 Å². The highest BCUT2D eigenvalue weighted by Gasteiger charge is 2.24. The molecule has 0 radical (unpaired) electrons. The number of aromatic carboxylic acids is 1. The number of carboxylic acids is 1. The summed E-state index contributed by atoms with van der Waals surface area (Å²) in [5.41, 5.74) is 1.37. The molecule has 7 heteroatoms. The lowest BCUT2D eigenvalue weighted by Crippen LogP contribution is -2.28. The zero-order valence-corrected chi connectivity index (χ0v) is 18.2. The first-order valence-corrected chi connectivity index (χ1v) is 10.7. The Morgan fingerprint density at radius 2 is 1.47 bits per heavy atom. The lowest BCUT2D eigenvalue weighted by molar-refractivity contribution is -0.642. The second-order valence-corrected chi connectivity index (χ2v) is 8.04. The molecule has 0 atom stereocenters. The minimum absolute atomic E-state index is 0.220. The number of rotatable bonds is 1. The Balaban J connectivity index is 0.000000206. The second kappa shape index (κ2) is 7.81. The number of pyridine rings is 1. The van der Waals surface area contributed by atoms with Crippen LogP contribution >= 0.6 is 0 Å². The van der Waals surface area contributed by atoms with Gasteiger partial charge in [0.15, 0.2) is 29.2 Å². The van der Waals surface area contributed by atoms with Gasteiger partial charge in [0, 0.05) is 5.39 Å². The van der Waals surface area contributed by atoms with Gasteiger partial charge in [0.25, 0.3) is 0 Å². The fourth-order valence-corrected chi connectivity index (χ4v) is 4.48. The molecule has 0 fully saturated rings. The number of hydrogen-bond acceptors (Lipinski definition) is 6. The van der Waals surface area contributed by atoms with E-state index in [-0.39, 0.29) is 19.1 Å². The van der Waals surface area contributed by atoms with Crippen LogP contribution in [0.5, 0.6) is 23.0 Å². The van der Waals surface area contributed by atoms with Crippen molar-refractivity contribution < 1.29 is 33.4 Å². The molecule has 1 aromatic heterocycles. The van der Waals surface area contributed by atoms with Crippen molar-refractivity contribution in [2.24, 2.45) is 7.05 Å². The highest BCUT2D eigenvalue weighted by atomic mass is 16.7. The van der Waals surface area contributed by atoms with E-state index in [1.165, 1.54) is 17.5 Å². The minimum atomic E-state index is -1.13. The van der Waals surface area contributed by atoms with Gasteiger partial charge < -0.3 is 28.8 Å². The van der Waals surface area contributed by atoms with Crippen LogP contribution in [-0.2, 0) is 7.05 Å². The Bertz CT molecular complexity index is 1600. The van der Waals surface area contributed by atoms with Crippen molar-refractivity contribution in [1.82, 2.24) is 0 Å². The molecule has 0 bridgehead atoms. The molecule has 0 saturated carbocycles. The van der Waals surface area contributed by atoms with Crippen molar-refractivity contribution in [2.75, 3.05) is 13.6 Å². The second-order valence-electron chi connectivity index (χ2n) is 8.04. The van der Waals surface area contributed by atoms with E-state index in [0.717, 1.165) is 50.1 Å². The van der Waals surface area contributed by atoms with Crippen LogP contribution < -0.4 is 28.6 Å². The Morgan fingerprint density at radius 1 is 0.765 bits per heavy atom. The molecule has 0 spiro atoms. The summed E-state index contributed by atoms with van der Waals surface area (Å²) in [7, 11) is 2.06. The summed E-state index contributed by atoms with van der Waals surface area (Å²) in [6, 6.07) is 20.5. The Labute approximate surface area is 194 Å². The summed E-state index contributed by atoms with van der Waals surface area (Å²) in [5.74, 6) is 2.09. The van der Waals surface area contributed by atoms with E-state index in [0.29, 0.717) is 0 Å². The summed E-state index contributed by atoms with van der Waals surface area (Å²) >= 11 is 0. The molecule has 0 aliphatic carbocycles. The van der Waals surface area contributed by atoms with Gasteiger partial charge in [-0.1, -0.05) is 36.4 Å². The zero-order chi connectivity index (χ0) is 23.2. The summed E-state index contributed by atoms with van der Waals surface area (Å²) in [6.07, 6.45) is 2.11. The van der Waals surface area contributed by atoms with E-state index in [2.05, 4.69) is 42.1 Å². The smallest absolute Gasteiger partial charge is 0.231 e. The highest BCUT2D eigenvalue weighted by molar-refractivity contribution is 6.15. The fraction of sp³-hybridized carbons (Fsp3) is 0.111. The molecule has 4 aromatic carbocycles. The van der Waals surface area contributed by atoms with Gasteiger partial charge in [0.1, 0.15) is 7.05 Å². The number of carboxylic acid groups (broad SMARTS) is 1. The van der Waals surface area contributed by atoms with Crippen LogP contribution in [0.2, 0.25) is 0 Å². The van der Waals surface area contributed by atoms with Gasteiger partial charge in [0.05, 0.1) is 22.1 Å². The number of aryl methyl sites for hydroxylation is 1. The topological polar surface area (TPSA) is 80.9 Å². The van der Waals surface area contributed by atoms with E-state index in [1.807, 2.05) is 12.1 Å². The molecule has 0 saturated heterocycles. The molecule has 7 nitrogen and oxygen atoms in total. The quantitative estimate of drug-likeness (QED) is 0.286. The number of benzene rings is 4. The third kappa shape index (κ3) is 3.21. The number of aromatic nitrogens is 1. The minimum Gasteiger partial charge on any atom is -0.545 e. The van der Waals surface area contributed by atoms with Crippen molar-refractivity contribution in [3.63, 3.8) is 0 Å². The monoisotopic (exact) mass is 453 g/mol. The molecule has 168 valence electrons. The van der Waals surface area contributed by atoms with Crippen LogP contribution in [0.3, 0.4) is 0 Å². The molecule has 0 amide bonds. The van der Waals surface area contributed by atoms with Crippen LogP contribution in [0.15, 0.2) is 72.9 Å². The van der Waals surface area contributed by atoms with E-state index in [4.69, 9.17) is 18.9 Å². The number of carbonyl (C=O) groups excluding carboxylic acids is 1. The average Bonchev–Trinajstić information content (AvgIpc) is 3.52.